The van der Waals surface area contributed by atoms with E-state index in [1.807, 2.05) is 6.26 Å². The molecular formula is C25H34O4S. The van der Waals surface area contributed by atoms with E-state index in [0.29, 0.717) is 31.3 Å². The van der Waals surface area contributed by atoms with Crippen molar-refractivity contribution in [2.45, 2.75) is 57.0 Å². The molecule has 0 unspecified atom stereocenters. The number of aryl methyl sites for hydroxylation is 1. The lowest BCUT2D eigenvalue weighted by atomic mass is 9.53. The monoisotopic (exact) mass is 430 g/mol. The first-order valence-corrected chi connectivity index (χ1v) is 12.2. The van der Waals surface area contributed by atoms with Gasteiger partial charge in [0.1, 0.15) is 18.1 Å². The van der Waals surface area contributed by atoms with Crippen molar-refractivity contribution in [2.24, 2.45) is 17.3 Å². The third-order valence-corrected chi connectivity index (χ3v) is 8.25. The van der Waals surface area contributed by atoms with E-state index in [2.05, 4.69) is 36.3 Å². The summed E-state index contributed by atoms with van der Waals surface area (Å²) < 4.78 is 22.4. The molecule has 0 spiro atoms. The molecule has 0 aromatic heterocycles. The van der Waals surface area contributed by atoms with E-state index in [1.165, 1.54) is 30.4 Å². The highest BCUT2D eigenvalue weighted by Crippen LogP contribution is 2.65. The van der Waals surface area contributed by atoms with E-state index in [0.717, 1.165) is 25.0 Å². The first-order chi connectivity index (χ1) is 14.6. The highest BCUT2D eigenvalue weighted by Gasteiger charge is 2.62. The zero-order valence-electron chi connectivity index (χ0n) is 18.7. The standard InChI is InChI=1S/C25H34O4S/c1-24-11-9-21-20-8-6-19(28-16-26-2)15-18(20)5-7-22(21)23(24)10-12-25(24,13-14-30-4)29-17-27-3/h6,8,15,21-23H,5,7,9-12,16-17H2,1-4H3/t21-,22-,23+,24+,25-/m1/s1. The topological polar surface area (TPSA) is 36.9 Å². The summed E-state index contributed by atoms with van der Waals surface area (Å²) in [6.45, 7) is 3.04. The molecule has 1 aromatic carbocycles. The van der Waals surface area contributed by atoms with Gasteiger partial charge in [-0.3, -0.25) is 0 Å². The van der Waals surface area contributed by atoms with Crippen LogP contribution in [-0.2, 0) is 20.6 Å². The van der Waals surface area contributed by atoms with Gasteiger partial charge in [-0.1, -0.05) is 30.7 Å². The second-order valence-corrected chi connectivity index (χ2v) is 9.74. The molecular weight excluding hydrogens is 396 g/mol. The Bertz CT molecular complexity index is 815. The molecule has 3 aliphatic carbocycles. The fourth-order valence-corrected chi connectivity index (χ4v) is 6.81. The van der Waals surface area contributed by atoms with Gasteiger partial charge >= 0.3 is 0 Å². The van der Waals surface area contributed by atoms with Crippen LogP contribution in [0.1, 0.15) is 56.1 Å². The number of hydrogen-bond acceptors (Lipinski definition) is 5. The Hall–Kier alpha value is -1.19. The quantitative estimate of drug-likeness (QED) is 0.457. The molecule has 164 valence electrons. The van der Waals surface area contributed by atoms with Crippen molar-refractivity contribution >= 4 is 11.8 Å². The van der Waals surface area contributed by atoms with Crippen molar-refractivity contribution in [3.05, 3.63) is 29.3 Å². The van der Waals surface area contributed by atoms with E-state index in [1.54, 1.807) is 26.0 Å². The zero-order chi connectivity index (χ0) is 21.2. The average Bonchev–Trinajstić information content (AvgIpc) is 3.06. The number of benzene rings is 1. The summed E-state index contributed by atoms with van der Waals surface area (Å²) in [5, 5.41) is 3.27. The minimum atomic E-state index is -0.389. The highest BCUT2D eigenvalue weighted by atomic mass is 32.2. The van der Waals surface area contributed by atoms with E-state index >= 15 is 0 Å². The number of ether oxygens (including phenoxy) is 4. The van der Waals surface area contributed by atoms with Crippen molar-refractivity contribution < 1.29 is 18.9 Å². The van der Waals surface area contributed by atoms with Crippen LogP contribution in [0.2, 0.25) is 0 Å². The van der Waals surface area contributed by atoms with E-state index in [4.69, 9.17) is 18.9 Å². The predicted octanol–water partition coefficient (Wildman–Crippen LogP) is 5.21. The van der Waals surface area contributed by atoms with Crippen molar-refractivity contribution in [1.82, 2.24) is 0 Å². The minimum Gasteiger partial charge on any atom is -0.468 e. The number of hydrogen-bond donors (Lipinski definition) is 0. The molecule has 2 fully saturated rings. The Labute approximate surface area is 185 Å². The molecule has 0 bridgehead atoms. The SMILES string of the molecule is COCOc1ccc2c(c1)CC[C@@H]1[C@@H]2CC[C@@]2(C)[C@H]1CC[C@]2(C#CSC)OCOC. The van der Waals surface area contributed by atoms with Gasteiger partial charge in [0.25, 0.3) is 0 Å². The van der Waals surface area contributed by atoms with Gasteiger partial charge in [0.15, 0.2) is 6.79 Å². The number of thioether (sulfide) groups is 1. The van der Waals surface area contributed by atoms with Crippen molar-refractivity contribution in [1.29, 1.82) is 0 Å². The fourth-order valence-electron chi connectivity index (χ4n) is 6.55. The molecule has 3 aliphatic rings. The molecule has 0 heterocycles. The van der Waals surface area contributed by atoms with Crippen LogP contribution >= 0.6 is 11.8 Å². The van der Waals surface area contributed by atoms with Gasteiger partial charge in [-0.15, -0.1) is 0 Å². The minimum absolute atomic E-state index is 0.0778. The molecule has 5 heteroatoms. The van der Waals surface area contributed by atoms with Crippen LogP contribution in [0.3, 0.4) is 0 Å². The highest BCUT2D eigenvalue weighted by molar-refractivity contribution is 8.03. The van der Waals surface area contributed by atoms with Crippen LogP contribution in [0.25, 0.3) is 0 Å². The second-order valence-electron chi connectivity index (χ2n) is 9.13. The first kappa shape index (κ1) is 22.0. The third kappa shape index (κ3) is 3.66. The van der Waals surface area contributed by atoms with E-state index < -0.39 is 0 Å². The smallest absolute Gasteiger partial charge is 0.188 e. The molecule has 5 atom stereocenters. The van der Waals surface area contributed by atoms with Crippen LogP contribution in [-0.4, -0.2) is 39.7 Å². The lowest BCUT2D eigenvalue weighted by Gasteiger charge is -2.53. The van der Waals surface area contributed by atoms with Crippen molar-refractivity contribution in [3.63, 3.8) is 0 Å². The van der Waals surface area contributed by atoms with Crippen LogP contribution < -0.4 is 4.74 Å². The van der Waals surface area contributed by atoms with Crippen LogP contribution in [0.15, 0.2) is 18.2 Å². The molecule has 30 heavy (non-hydrogen) atoms. The first-order valence-electron chi connectivity index (χ1n) is 11.0. The fraction of sp³-hybridized carbons (Fsp3) is 0.680. The maximum Gasteiger partial charge on any atom is 0.188 e. The third-order valence-electron chi connectivity index (χ3n) is 7.94. The van der Waals surface area contributed by atoms with Crippen LogP contribution in [0.5, 0.6) is 5.75 Å². The van der Waals surface area contributed by atoms with Crippen molar-refractivity contribution in [2.75, 3.05) is 34.1 Å². The van der Waals surface area contributed by atoms with Gasteiger partial charge in [-0.2, -0.15) is 0 Å². The Morgan fingerprint density at radius 1 is 1.10 bits per heavy atom. The predicted molar refractivity (Wildman–Crippen MR) is 121 cm³/mol. The van der Waals surface area contributed by atoms with Gasteiger partial charge in [0.2, 0.25) is 0 Å². The molecule has 0 saturated heterocycles. The maximum atomic E-state index is 6.38. The Morgan fingerprint density at radius 3 is 2.70 bits per heavy atom. The molecule has 4 nitrogen and oxygen atoms in total. The molecule has 0 aliphatic heterocycles. The Kier molecular flexibility index (Phi) is 6.70. The molecule has 0 N–H and O–H groups in total. The Morgan fingerprint density at radius 2 is 1.93 bits per heavy atom. The zero-order valence-corrected chi connectivity index (χ0v) is 19.5. The molecule has 1 aromatic rings. The summed E-state index contributed by atoms with van der Waals surface area (Å²) >= 11 is 1.58. The largest absolute Gasteiger partial charge is 0.468 e. The van der Waals surface area contributed by atoms with Gasteiger partial charge in [0.05, 0.1) is 0 Å². The van der Waals surface area contributed by atoms with E-state index in [-0.39, 0.29) is 11.0 Å². The normalized spacial score (nSPS) is 34.3. The number of methoxy groups -OCH3 is 2. The summed E-state index contributed by atoms with van der Waals surface area (Å²) in [5.41, 5.74) is 2.67. The molecule has 2 saturated carbocycles. The number of rotatable bonds is 6. The van der Waals surface area contributed by atoms with E-state index in [9.17, 15) is 0 Å². The Balaban J connectivity index is 1.60. The summed E-state index contributed by atoms with van der Waals surface area (Å²) in [6.07, 6.45) is 8.93. The lowest BCUT2D eigenvalue weighted by molar-refractivity contribution is -0.162. The maximum absolute atomic E-state index is 6.38. The lowest BCUT2D eigenvalue weighted by Crippen LogP contribution is -2.51. The van der Waals surface area contributed by atoms with Crippen molar-refractivity contribution in [3.8, 4) is 16.9 Å². The van der Waals surface area contributed by atoms with Crippen LogP contribution in [0.4, 0.5) is 0 Å². The number of fused-ring (bicyclic) bond motifs is 5. The molecule has 0 radical (unpaired) electrons. The summed E-state index contributed by atoms with van der Waals surface area (Å²) in [5.74, 6) is 6.43. The second kappa shape index (κ2) is 9.12. The molecule has 0 amide bonds. The van der Waals surface area contributed by atoms with Gasteiger partial charge in [-0.25, -0.2) is 0 Å². The van der Waals surface area contributed by atoms with Gasteiger partial charge < -0.3 is 18.9 Å². The summed E-state index contributed by atoms with van der Waals surface area (Å²) in [4.78, 5) is 0. The molecule has 4 rings (SSSR count). The summed E-state index contributed by atoms with van der Waals surface area (Å²) in [6, 6.07) is 6.64. The van der Waals surface area contributed by atoms with Gasteiger partial charge in [0, 0.05) is 19.6 Å². The average molecular weight is 431 g/mol. The van der Waals surface area contributed by atoms with Crippen LogP contribution in [0, 0.1) is 28.4 Å². The van der Waals surface area contributed by atoms with Gasteiger partial charge in [-0.05, 0) is 91.0 Å². The summed E-state index contributed by atoms with van der Waals surface area (Å²) in [7, 11) is 3.35.